The van der Waals surface area contributed by atoms with Crippen LogP contribution in [-0.2, 0) is 0 Å². The second-order valence-corrected chi connectivity index (χ2v) is 3.47. The minimum absolute atomic E-state index is 0.00311. The summed E-state index contributed by atoms with van der Waals surface area (Å²) in [5.41, 5.74) is 1.08. The Morgan fingerprint density at radius 3 is 2.82 bits per heavy atom. The van der Waals surface area contributed by atoms with Crippen LogP contribution < -0.4 is 5.32 Å². The van der Waals surface area contributed by atoms with Crippen LogP contribution in [0.3, 0.4) is 0 Å². The van der Waals surface area contributed by atoms with Crippen LogP contribution in [0.2, 0.25) is 0 Å². The van der Waals surface area contributed by atoms with Crippen molar-refractivity contribution in [3.63, 3.8) is 0 Å². The maximum Gasteiger partial charge on any atom is 0.389 e. The molecule has 0 spiro atoms. The van der Waals surface area contributed by atoms with Gasteiger partial charge in [-0.15, -0.1) is 0 Å². The van der Waals surface area contributed by atoms with E-state index in [9.17, 15) is 13.2 Å². The summed E-state index contributed by atoms with van der Waals surface area (Å²) in [5, 5.41) is 2.82. The number of halogens is 3. The number of imidazole rings is 1. The van der Waals surface area contributed by atoms with Gasteiger partial charge in [-0.25, -0.2) is 15.0 Å². The lowest BCUT2D eigenvalue weighted by atomic mass is 10.3. The molecule has 0 radical (unpaired) electrons. The van der Waals surface area contributed by atoms with Gasteiger partial charge in [0.1, 0.15) is 11.8 Å². The second kappa shape index (κ2) is 4.56. The largest absolute Gasteiger partial charge is 0.389 e. The van der Waals surface area contributed by atoms with Crippen molar-refractivity contribution in [2.75, 3.05) is 11.9 Å². The zero-order valence-corrected chi connectivity index (χ0v) is 8.75. The number of nitrogens with one attached hydrogen (secondary N) is 2. The first-order valence-corrected chi connectivity index (χ1v) is 5.01. The number of fused-ring (bicyclic) bond motifs is 1. The number of aromatic amines is 1. The van der Waals surface area contributed by atoms with Gasteiger partial charge in [0, 0.05) is 13.0 Å². The van der Waals surface area contributed by atoms with E-state index in [0.29, 0.717) is 17.0 Å². The molecular weight excluding hydrogens is 235 g/mol. The Morgan fingerprint density at radius 2 is 2.06 bits per heavy atom. The molecule has 17 heavy (non-hydrogen) atoms. The Labute approximate surface area is 94.5 Å². The molecule has 2 aromatic rings. The molecule has 0 fully saturated rings. The molecule has 0 bridgehead atoms. The van der Waals surface area contributed by atoms with Crippen molar-refractivity contribution >= 4 is 17.0 Å². The molecule has 5 nitrogen and oxygen atoms in total. The van der Waals surface area contributed by atoms with E-state index in [1.807, 2.05) is 0 Å². The minimum Gasteiger partial charge on any atom is -0.368 e. The van der Waals surface area contributed by atoms with Crippen LogP contribution in [-0.4, -0.2) is 32.7 Å². The normalized spacial score (nSPS) is 11.9. The molecule has 0 aliphatic heterocycles. The van der Waals surface area contributed by atoms with Crippen molar-refractivity contribution < 1.29 is 13.2 Å². The van der Waals surface area contributed by atoms with Crippen LogP contribution in [0.5, 0.6) is 0 Å². The lowest BCUT2D eigenvalue weighted by molar-refractivity contribution is -0.134. The monoisotopic (exact) mass is 245 g/mol. The van der Waals surface area contributed by atoms with Gasteiger partial charge in [-0.1, -0.05) is 0 Å². The van der Waals surface area contributed by atoms with Gasteiger partial charge < -0.3 is 10.3 Å². The summed E-state index contributed by atoms with van der Waals surface area (Å²) < 4.78 is 35.7. The molecule has 2 N–H and O–H groups in total. The Hall–Kier alpha value is -1.86. The van der Waals surface area contributed by atoms with Gasteiger partial charge in [0.2, 0.25) is 0 Å². The SMILES string of the molecule is FC(F)(F)CCCNc1ncnc2nc[nH]c12. The number of nitrogens with zero attached hydrogens (tertiary/aromatic N) is 3. The van der Waals surface area contributed by atoms with E-state index >= 15 is 0 Å². The molecule has 2 heterocycles. The Kier molecular flexibility index (Phi) is 3.12. The fourth-order valence-electron chi connectivity index (χ4n) is 1.39. The maximum absolute atomic E-state index is 11.9. The van der Waals surface area contributed by atoms with Crippen molar-refractivity contribution in [2.45, 2.75) is 19.0 Å². The topological polar surface area (TPSA) is 66.5 Å². The summed E-state index contributed by atoms with van der Waals surface area (Å²) in [5.74, 6) is 0.467. The number of alkyl halides is 3. The molecule has 0 atom stereocenters. The Morgan fingerprint density at radius 1 is 1.24 bits per heavy atom. The van der Waals surface area contributed by atoms with E-state index in [2.05, 4.69) is 25.3 Å². The second-order valence-electron chi connectivity index (χ2n) is 3.47. The van der Waals surface area contributed by atoms with Gasteiger partial charge in [0.05, 0.1) is 6.33 Å². The highest BCUT2D eigenvalue weighted by Crippen LogP contribution is 2.21. The first kappa shape index (κ1) is 11.6. The molecule has 0 amide bonds. The third-order valence-corrected chi connectivity index (χ3v) is 2.15. The van der Waals surface area contributed by atoms with E-state index in [4.69, 9.17) is 0 Å². The van der Waals surface area contributed by atoms with Crippen molar-refractivity contribution in [1.29, 1.82) is 0 Å². The zero-order valence-electron chi connectivity index (χ0n) is 8.75. The highest BCUT2D eigenvalue weighted by molar-refractivity contribution is 5.81. The standard InChI is InChI=1S/C9H10F3N5/c10-9(11,12)2-1-3-13-7-6-8(15-4-14-6)17-5-16-7/h4-5H,1-3H2,(H2,13,14,15,16,17). The van der Waals surface area contributed by atoms with Crippen LogP contribution in [0.25, 0.3) is 11.2 Å². The highest BCUT2D eigenvalue weighted by Gasteiger charge is 2.25. The average Bonchev–Trinajstić information content (AvgIpc) is 2.71. The minimum atomic E-state index is -4.11. The van der Waals surface area contributed by atoms with Crippen molar-refractivity contribution in [2.24, 2.45) is 0 Å². The molecule has 0 aliphatic carbocycles. The summed E-state index contributed by atoms with van der Waals surface area (Å²) in [7, 11) is 0. The first-order chi connectivity index (χ1) is 8.06. The lowest BCUT2D eigenvalue weighted by Crippen LogP contribution is -2.11. The summed E-state index contributed by atoms with van der Waals surface area (Å²) >= 11 is 0. The number of hydrogen-bond donors (Lipinski definition) is 2. The predicted molar refractivity (Wildman–Crippen MR) is 55.5 cm³/mol. The third-order valence-electron chi connectivity index (χ3n) is 2.15. The molecule has 8 heteroatoms. The fraction of sp³-hybridized carbons (Fsp3) is 0.444. The zero-order chi connectivity index (χ0) is 12.3. The number of H-pyrrole nitrogens is 1. The molecule has 0 aromatic carbocycles. The molecule has 2 rings (SSSR count). The molecule has 2 aromatic heterocycles. The van der Waals surface area contributed by atoms with Gasteiger partial charge in [0.25, 0.3) is 0 Å². The Balaban J connectivity index is 1.93. The van der Waals surface area contributed by atoms with Crippen molar-refractivity contribution in [1.82, 2.24) is 19.9 Å². The van der Waals surface area contributed by atoms with Gasteiger partial charge in [0.15, 0.2) is 11.5 Å². The van der Waals surface area contributed by atoms with E-state index in [1.54, 1.807) is 0 Å². The molecule has 0 unspecified atom stereocenters. The molecule has 0 aliphatic rings. The lowest BCUT2D eigenvalue weighted by Gasteiger charge is -2.07. The summed E-state index contributed by atoms with van der Waals surface area (Å²) in [4.78, 5) is 14.6. The van der Waals surface area contributed by atoms with Crippen LogP contribution >= 0.6 is 0 Å². The molecular formula is C9H10F3N5. The van der Waals surface area contributed by atoms with Crippen LogP contribution in [0, 0.1) is 0 Å². The first-order valence-electron chi connectivity index (χ1n) is 5.01. The molecule has 0 saturated heterocycles. The predicted octanol–water partition coefficient (Wildman–Crippen LogP) is 2.11. The van der Waals surface area contributed by atoms with Crippen molar-refractivity contribution in [3.05, 3.63) is 12.7 Å². The van der Waals surface area contributed by atoms with Gasteiger partial charge in [-0.05, 0) is 6.42 Å². The van der Waals surface area contributed by atoms with Crippen molar-refractivity contribution in [3.8, 4) is 0 Å². The maximum atomic E-state index is 11.9. The van der Waals surface area contributed by atoms with Gasteiger partial charge in [-0.2, -0.15) is 13.2 Å². The number of aromatic nitrogens is 4. The smallest absolute Gasteiger partial charge is 0.368 e. The van der Waals surface area contributed by atoms with E-state index in [-0.39, 0.29) is 13.0 Å². The van der Waals surface area contributed by atoms with Crippen LogP contribution in [0.1, 0.15) is 12.8 Å². The molecule has 0 saturated carbocycles. The Bertz CT molecular complexity index is 493. The quantitative estimate of drug-likeness (QED) is 0.809. The summed E-state index contributed by atoms with van der Waals surface area (Å²) in [6, 6.07) is 0. The third kappa shape index (κ3) is 3.05. The summed E-state index contributed by atoms with van der Waals surface area (Å²) in [6.45, 7) is 0.199. The average molecular weight is 245 g/mol. The van der Waals surface area contributed by atoms with E-state index in [0.717, 1.165) is 0 Å². The van der Waals surface area contributed by atoms with Crippen LogP contribution in [0.4, 0.5) is 19.0 Å². The van der Waals surface area contributed by atoms with E-state index < -0.39 is 12.6 Å². The number of hydrogen-bond acceptors (Lipinski definition) is 4. The highest BCUT2D eigenvalue weighted by atomic mass is 19.4. The van der Waals surface area contributed by atoms with Gasteiger partial charge in [-0.3, -0.25) is 0 Å². The number of anilines is 1. The number of rotatable bonds is 4. The van der Waals surface area contributed by atoms with Gasteiger partial charge >= 0.3 is 6.18 Å². The summed E-state index contributed by atoms with van der Waals surface area (Å²) in [6.07, 6.45) is -2.15. The fourth-order valence-corrected chi connectivity index (χ4v) is 1.39. The van der Waals surface area contributed by atoms with Crippen LogP contribution in [0.15, 0.2) is 12.7 Å². The molecule has 92 valence electrons. The van der Waals surface area contributed by atoms with E-state index in [1.165, 1.54) is 12.7 Å².